The summed E-state index contributed by atoms with van der Waals surface area (Å²) < 4.78 is 5.41. The summed E-state index contributed by atoms with van der Waals surface area (Å²) in [6.07, 6.45) is 0.145. The maximum absolute atomic E-state index is 12.3. The van der Waals surface area contributed by atoms with Crippen LogP contribution in [0.2, 0.25) is 0 Å². The molecule has 0 aliphatic carbocycles. The fraction of sp³-hybridized carbons (Fsp3) is 0.143. The number of amides is 1. The molecule has 0 fully saturated rings. The van der Waals surface area contributed by atoms with Crippen LogP contribution < -0.4 is 16.7 Å². The first-order valence-electron chi connectivity index (χ1n) is 6.54. The van der Waals surface area contributed by atoms with E-state index < -0.39 is 5.56 Å². The Balaban J connectivity index is 1.91. The van der Waals surface area contributed by atoms with E-state index in [0.29, 0.717) is 15.9 Å². The number of carbonyl (C=O) groups excluding carboxylic acids is 1. The maximum Gasteiger partial charge on any atom is 0.293 e. The highest BCUT2D eigenvalue weighted by Crippen LogP contribution is 2.17. The number of anilines is 1. The molecule has 0 radical (unpaired) electrons. The van der Waals surface area contributed by atoms with Crippen molar-refractivity contribution in [2.75, 3.05) is 11.2 Å². The molecule has 0 aliphatic heterocycles. The van der Waals surface area contributed by atoms with E-state index in [1.165, 1.54) is 0 Å². The van der Waals surface area contributed by atoms with Crippen LogP contribution in [0.3, 0.4) is 0 Å². The van der Waals surface area contributed by atoms with Crippen LogP contribution in [0.4, 0.5) is 5.95 Å². The number of benzene rings is 1. The Labute approximate surface area is 129 Å². The van der Waals surface area contributed by atoms with Crippen LogP contribution in [0.1, 0.15) is 11.3 Å². The SMILES string of the molecule is Cc1nsc2c(=O)n(NC(=O)Cc3ccccc3)c(N)nc12. The lowest BCUT2D eigenvalue weighted by Gasteiger charge is -2.10. The van der Waals surface area contributed by atoms with Crippen molar-refractivity contribution in [1.82, 2.24) is 14.0 Å². The summed E-state index contributed by atoms with van der Waals surface area (Å²) in [5, 5.41) is 0. The van der Waals surface area contributed by atoms with Gasteiger partial charge in [0.2, 0.25) is 11.9 Å². The van der Waals surface area contributed by atoms with Crippen LogP contribution in [0, 0.1) is 6.92 Å². The maximum atomic E-state index is 12.3. The van der Waals surface area contributed by atoms with E-state index in [2.05, 4.69) is 14.8 Å². The number of nitrogen functional groups attached to an aromatic ring is 1. The average Bonchev–Trinajstić information content (AvgIpc) is 2.86. The molecule has 8 heteroatoms. The first kappa shape index (κ1) is 14.2. The Morgan fingerprint density at radius 3 is 2.82 bits per heavy atom. The van der Waals surface area contributed by atoms with Gasteiger partial charge >= 0.3 is 0 Å². The Morgan fingerprint density at radius 1 is 1.36 bits per heavy atom. The number of aryl methyl sites for hydroxylation is 1. The third kappa shape index (κ3) is 2.56. The van der Waals surface area contributed by atoms with Gasteiger partial charge in [-0.2, -0.15) is 9.05 Å². The standard InChI is InChI=1S/C14H13N5O2S/c1-8-11-12(22-18-8)13(21)19(14(15)16-11)17-10(20)7-9-5-3-2-4-6-9/h2-6H,7H2,1H3,(H2,15,16)(H,17,20). The van der Waals surface area contributed by atoms with Gasteiger partial charge in [0.1, 0.15) is 10.2 Å². The van der Waals surface area contributed by atoms with Crippen molar-refractivity contribution in [3.63, 3.8) is 0 Å². The van der Waals surface area contributed by atoms with E-state index in [9.17, 15) is 9.59 Å². The molecule has 2 aromatic heterocycles. The zero-order valence-corrected chi connectivity index (χ0v) is 12.6. The van der Waals surface area contributed by atoms with Crippen LogP contribution in [-0.2, 0) is 11.2 Å². The number of fused-ring (bicyclic) bond motifs is 1. The minimum atomic E-state index is -0.422. The smallest absolute Gasteiger partial charge is 0.293 e. The molecule has 0 aliphatic rings. The number of nitrogens with two attached hydrogens (primary N) is 1. The summed E-state index contributed by atoms with van der Waals surface area (Å²) in [6, 6.07) is 9.22. The number of hydrogen-bond donors (Lipinski definition) is 2. The third-order valence-corrected chi connectivity index (χ3v) is 4.04. The van der Waals surface area contributed by atoms with Crippen LogP contribution in [-0.4, -0.2) is 19.9 Å². The molecule has 0 atom stereocenters. The number of hydrogen-bond acceptors (Lipinski definition) is 6. The van der Waals surface area contributed by atoms with E-state index in [1.807, 2.05) is 30.3 Å². The van der Waals surface area contributed by atoms with Gasteiger partial charge in [-0.15, -0.1) is 0 Å². The van der Waals surface area contributed by atoms with Crippen molar-refractivity contribution >= 4 is 33.6 Å². The van der Waals surface area contributed by atoms with E-state index in [1.54, 1.807) is 6.92 Å². The second kappa shape index (κ2) is 5.57. The van der Waals surface area contributed by atoms with Crippen molar-refractivity contribution in [3.05, 3.63) is 51.9 Å². The number of nitrogens with zero attached hydrogens (tertiary/aromatic N) is 3. The van der Waals surface area contributed by atoms with Gasteiger partial charge in [0, 0.05) is 0 Å². The van der Waals surface area contributed by atoms with Gasteiger partial charge in [0.25, 0.3) is 5.56 Å². The third-order valence-electron chi connectivity index (χ3n) is 3.13. The lowest BCUT2D eigenvalue weighted by molar-refractivity contribution is -0.116. The van der Waals surface area contributed by atoms with E-state index >= 15 is 0 Å². The van der Waals surface area contributed by atoms with Crippen molar-refractivity contribution in [1.29, 1.82) is 0 Å². The molecule has 0 saturated carbocycles. The van der Waals surface area contributed by atoms with E-state index in [4.69, 9.17) is 5.73 Å². The van der Waals surface area contributed by atoms with Gasteiger partial charge in [-0.25, -0.2) is 4.98 Å². The highest BCUT2D eigenvalue weighted by molar-refractivity contribution is 7.13. The zero-order valence-electron chi connectivity index (χ0n) is 11.7. The molecule has 1 amide bonds. The van der Waals surface area contributed by atoms with Crippen molar-refractivity contribution < 1.29 is 4.79 Å². The Hall–Kier alpha value is -2.74. The molecule has 0 spiro atoms. The van der Waals surface area contributed by atoms with E-state index in [0.717, 1.165) is 21.8 Å². The summed E-state index contributed by atoms with van der Waals surface area (Å²) in [4.78, 5) is 28.5. The fourth-order valence-corrected chi connectivity index (χ4v) is 2.82. The summed E-state index contributed by atoms with van der Waals surface area (Å²) in [5.74, 6) is -0.412. The molecule has 22 heavy (non-hydrogen) atoms. The number of nitrogens with one attached hydrogen (secondary N) is 1. The summed E-state index contributed by atoms with van der Waals surface area (Å²) in [5.41, 5.74) is 9.79. The molecule has 7 nitrogen and oxygen atoms in total. The van der Waals surface area contributed by atoms with Crippen molar-refractivity contribution in [2.45, 2.75) is 13.3 Å². The van der Waals surface area contributed by atoms with Gasteiger partial charge in [0.15, 0.2) is 0 Å². The Morgan fingerprint density at radius 2 is 2.09 bits per heavy atom. The van der Waals surface area contributed by atoms with E-state index in [-0.39, 0.29) is 18.3 Å². The van der Waals surface area contributed by atoms with Gasteiger partial charge in [-0.05, 0) is 24.0 Å². The molecular weight excluding hydrogens is 302 g/mol. The van der Waals surface area contributed by atoms with Crippen LogP contribution >= 0.6 is 11.5 Å². The van der Waals surface area contributed by atoms with Crippen LogP contribution in [0.25, 0.3) is 10.2 Å². The lowest BCUT2D eigenvalue weighted by atomic mass is 10.1. The number of carbonyl (C=O) groups is 1. The van der Waals surface area contributed by atoms with Gasteiger partial charge < -0.3 is 5.73 Å². The predicted molar refractivity (Wildman–Crippen MR) is 85.3 cm³/mol. The second-order valence-corrected chi connectivity index (χ2v) is 5.53. The monoisotopic (exact) mass is 315 g/mol. The Kier molecular flexibility index (Phi) is 3.60. The first-order chi connectivity index (χ1) is 10.6. The molecule has 3 rings (SSSR count). The topological polar surface area (TPSA) is 103 Å². The van der Waals surface area contributed by atoms with Crippen molar-refractivity contribution in [3.8, 4) is 0 Å². The Bertz CT molecular complexity index is 901. The summed E-state index contributed by atoms with van der Waals surface area (Å²) in [6.45, 7) is 1.75. The van der Waals surface area contributed by atoms with Gasteiger partial charge in [0.05, 0.1) is 12.1 Å². The molecule has 112 valence electrons. The number of rotatable bonds is 3. The highest BCUT2D eigenvalue weighted by Gasteiger charge is 2.15. The molecule has 1 aromatic carbocycles. The fourth-order valence-electron chi connectivity index (χ4n) is 2.06. The average molecular weight is 315 g/mol. The molecule has 0 bridgehead atoms. The largest absolute Gasteiger partial charge is 0.368 e. The molecule has 0 unspecified atom stereocenters. The predicted octanol–water partition coefficient (Wildman–Crippen LogP) is 1.06. The second-order valence-electron chi connectivity index (χ2n) is 4.75. The molecule has 2 heterocycles. The number of aromatic nitrogens is 3. The van der Waals surface area contributed by atoms with Crippen molar-refractivity contribution in [2.24, 2.45) is 0 Å². The molecular formula is C14H13N5O2S. The van der Waals surface area contributed by atoms with Gasteiger partial charge in [-0.1, -0.05) is 30.3 Å². The highest BCUT2D eigenvalue weighted by atomic mass is 32.1. The minimum absolute atomic E-state index is 0.0674. The summed E-state index contributed by atoms with van der Waals surface area (Å²) >= 11 is 1.04. The lowest BCUT2D eigenvalue weighted by Crippen LogP contribution is -2.36. The first-order valence-corrected chi connectivity index (χ1v) is 7.32. The minimum Gasteiger partial charge on any atom is -0.368 e. The molecule has 3 N–H and O–H groups in total. The molecule has 3 aromatic rings. The summed E-state index contributed by atoms with van der Waals surface area (Å²) in [7, 11) is 0. The van der Waals surface area contributed by atoms with Crippen LogP contribution in [0.15, 0.2) is 35.1 Å². The quantitative estimate of drug-likeness (QED) is 0.752. The van der Waals surface area contributed by atoms with Crippen LogP contribution in [0.5, 0.6) is 0 Å². The normalized spacial score (nSPS) is 10.8. The van der Waals surface area contributed by atoms with Gasteiger partial charge in [-0.3, -0.25) is 15.0 Å². The molecule has 0 saturated heterocycles. The zero-order chi connectivity index (χ0) is 15.7.